The molecule has 3 aromatic heterocycles. The van der Waals surface area contributed by atoms with Crippen LogP contribution in [0.25, 0.3) is 27.7 Å². The van der Waals surface area contributed by atoms with Gasteiger partial charge in [0.15, 0.2) is 11.5 Å². The van der Waals surface area contributed by atoms with Gasteiger partial charge < -0.3 is 51.3 Å². The van der Waals surface area contributed by atoms with Gasteiger partial charge in [0, 0.05) is 59.5 Å². The van der Waals surface area contributed by atoms with Gasteiger partial charge in [-0.25, -0.2) is 9.07 Å². The van der Waals surface area contributed by atoms with E-state index in [2.05, 4.69) is 31.1 Å². The van der Waals surface area contributed by atoms with Crippen molar-refractivity contribution in [2.24, 2.45) is 5.73 Å². The molecule has 0 spiro atoms. The summed E-state index contributed by atoms with van der Waals surface area (Å²) < 4.78 is 81.1. The average Bonchev–Trinajstić information content (AvgIpc) is 3.93. The Morgan fingerprint density at radius 1 is 0.855 bits per heavy atom. The van der Waals surface area contributed by atoms with Crippen LogP contribution in [0.3, 0.4) is 0 Å². The number of anilines is 2. The molecule has 8 N–H and O–H groups in total. The molecule has 4 amide bonds. The first-order chi connectivity index (χ1) is 33.1. The summed E-state index contributed by atoms with van der Waals surface area (Å²) in [7, 11) is 2.71. The Balaban J connectivity index is 0.912. The van der Waals surface area contributed by atoms with Crippen LogP contribution in [0.15, 0.2) is 102 Å². The molecule has 0 saturated heterocycles. The van der Waals surface area contributed by atoms with E-state index < -0.39 is 52.4 Å². The summed E-state index contributed by atoms with van der Waals surface area (Å²) in [5.41, 5.74) is 10.5. The van der Waals surface area contributed by atoms with Crippen molar-refractivity contribution in [2.75, 3.05) is 51.6 Å². The number of fused-ring (bicyclic) bond motifs is 1. The van der Waals surface area contributed by atoms with Crippen molar-refractivity contribution >= 4 is 45.9 Å². The number of nitrogens with two attached hydrogens (primary N) is 2. The van der Waals surface area contributed by atoms with E-state index in [0.717, 1.165) is 12.3 Å². The van der Waals surface area contributed by atoms with Crippen LogP contribution in [-0.2, 0) is 28.8 Å². The number of halogens is 4. The third-order valence-electron chi connectivity index (χ3n) is 10.4. The van der Waals surface area contributed by atoms with Crippen molar-refractivity contribution in [3.05, 3.63) is 141 Å². The third kappa shape index (κ3) is 11.1. The molecule has 0 aliphatic heterocycles. The normalized spacial score (nSPS) is 11.3. The van der Waals surface area contributed by atoms with Gasteiger partial charge in [0.05, 0.1) is 56.1 Å². The van der Waals surface area contributed by atoms with E-state index in [4.69, 9.17) is 30.4 Å². The average molecular weight is 955 g/mol. The van der Waals surface area contributed by atoms with Crippen LogP contribution >= 0.6 is 0 Å². The number of ether oxygens (including phenoxy) is 4. The van der Waals surface area contributed by atoms with E-state index in [1.165, 1.54) is 79.7 Å². The molecule has 7 rings (SSSR count). The minimum atomic E-state index is -5.04. The maximum Gasteiger partial charge on any atom is 0.434 e. The molecule has 0 unspecified atom stereocenters. The van der Waals surface area contributed by atoms with Gasteiger partial charge in [-0.15, -0.1) is 0 Å². The number of benzene rings is 4. The molecular formula is C46H42F4N10O9. The number of nitrogens with zero attached hydrogens (tertiary/aromatic N) is 4. The van der Waals surface area contributed by atoms with Crippen molar-refractivity contribution in [3.8, 4) is 34.2 Å². The van der Waals surface area contributed by atoms with E-state index >= 15 is 0 Å². The Hall–Kier alpha value is -8.73. The van der Waals surface area contributed by atoms with Gasteiger partial charge in [0.25, 0.3) is 23.3 Å². The van der Waals surface area contributed by atoms with Crippen molar-refractivity contribution in [1.82, 2.24) is 35.2 Å². The van der Waals surface area contributed by atoms with E-state index in [1.54, 1.807) is 24.3 Å². The molecule has 0 aliphatic carbocycles. The van der Waals surface area contributed by atoms with Crippen LogP contribution in [0, 0.1) is 5.82 Å². The van der Waals surface area contributed by atoms with Crippen LogP contribution < -0.4 is 47.2 Å². The molecule has 0 radical (unpaired) electrons. The minimum absolute atomic E-state index is 0.0273. The second-order valence-corrected chi connectivity index (χ2v) is 14.9. The first-order valence-electron chi connectivity index (χ1n) is 20.7. The fraction of sp³-hybridized carbons (Fsp3) is 0.196. The number of aromatic nitrogens is 5. The maximum absolute atomic E-state index is 14.6. The summed E-state index contributed by atoms with van der Waals surface area (Å²) in [5, 5.41) is 16.3. The van der Waals surface area contributed by atoms with Crippen LogP contribution in [0.2, 0.25) is 0 Å². The molecule has 0 aliphatic rings. The molecule has 0 bridgehead atoms. The minimum Gasteiger partial charge on any atom is -0.497 e. The second-order valence-electron chi connectivity index (χ2n) is 14.9. The lowest BCUT2D eigenvalue weighted by atomic mass is 10.0. The van der Waals surface area contributed by atoms with E-state index in [9.17, 15) is 41.5 Å². The molecule has 0 saturated carbocycles. The number of carbonyl (C=O) groups is 4. The predicted molar refractivity (Wildman–Crippen MR) is 242 cm³/mol. The number of pyridine rings is 1. The molecule has 4 aromatic carbocycles. The molecule has 0 fully saturated rings. The van der Waals surface area contributed by atoms with E-state index in [0.29, 0.717) is 21.5 Å². The molecule has 3 heterocycles. The molecular weight excluding hydrogens is 913 g/mol. The van der Waals surface area contributed by atoms with Crippen LogP contribution in [0.4, 0.5) is 29.1 Å². The van der Waals surface area contributed by atoms with E-state index in [-0.39, 0.29) is 95.8 Å². The summed E-state index contributed by atoms with van der Waals surface area (Å²) in [6, 6.07) is 20.1. The zero-order chi connectivity index (χ0) is 49.4. The number of methoxy groups -OCH3 is 2. The first kappa shape index (κ1) is 48.2. The fourth-order valence-corrected chi connectivity index (χ4v) is 7.23. The Morgan fingerprint density at radius 2 is 1.62 bits per heavy atom. The molecule has 7 aromatic rings. The lowest BCUT2D eigenvalue weighted by Crippen LogP contribution is -2.31. The zero-order valence-corrected chi connectivity index (χ0v) is 36.6. The standard InChI is InChI=1S/C46H42F4N10O9/c1-66-29-19-28(57-45(65)34-23-56-60(40(34)46(48,49)50)35-5-3-4-32-31(35)12-13-54-43(32)63)20-30(21-29)69-17-16-68-24-37(61)53-14-15-59-39(38(42(52)62)41(51)58-59)26-8-6-25(7-9-26)22-55-44(64)33-18-27(47)10-11-36(33)67-2/h3-13,18-21,23H,14-17,22,24H2,1-2H3,(H2,51,58)(H2,52,62)(H,53,61)(H,54,63)(H,55,64)(H,57,65). The summed E-state index contributed by atoms with van der Waals surface area (Å²) >= 11 is 0. The second kappa shape index (κ2) is 20.8. The topological polar surface area (TPSA) is 262 Å². The number of primary amides is 1. The summed E-state index contributed by atoms with van der Waals surface area (Å²) in [6.45, 7) is -0.370. The number of amides is 4. The zero-order valence-electron chi connectivity index (χ0n) is 36.6. The Kier molecular flexibility index (Phi) is 14.6. The maximum atomic E-state index is 14.6. The highest BCUT2D eigenvalue weighted by Crippen LogP contribution is 2.36. The van der Waals surface area contributed by atoms with E-state index in [1.807, 2.05) is 0 Å². The number of alkyl halides is 3. The fourth-order valence-electron chi connectivity index (χ4n) is 7.23. The lowest BCUT2D eigenvalue weighted by Gasteiger charge is -2.15. The molecule has 69 heavy (non-hydrogen) atoms. The van der Waals surface area contributed by atoms with Crippen LogP contribution in [0.5, 0.6) is 17.2 Å². The van der Waals surface area contributed by atoms with Crippen molar-refractivity contribution in [2.45, 2.75) is 19.3 Å². The summed E-state index contributed by atoms with van der Waals surface area (Å²) in [5.74, 6) is -3.19. The van der Waals surface area contributed by atoms with Gasteiger partial charge in [-0.05, 0) is 42.0 Å². The van der Waals surface area contributed by atoms with Gasteiger partial charge in [-0.2, -0.15) is 23.4 Å². The monoisotopic (exact) mass is 954 g/mol. The number of carbonyl (C=O) groups excluding carboxylic acids is 4. The molecule has 0 atom stereocenters. The molecule has 358 valence electrons. The highest BCUT2D eigenvalue weighted by Gasteiger charge is 2.41. The van der Waals surface area contributed by atoms with Crippen LogP contribution in [0.1, 0.15) is 42.3 Å². The van der Waals surface area contributed by atoms with Gasteiger partial charge in [0.1, 0.15) is 41.8 Å². The SMILES string of the molecule is COc1cc(NC(=O)c2cnn(-c3cccc4c(=O)[nH]ccc34)c2C(F)(F)F)cc(OCCOCC(=O)NCCn2nc(N)c(C(N)=O)c2-c2ccc(CNC(=O)c3cc(F)ccc3OC)cc2)c1. The van der Waals surface area contributed by atoms with Crippen molar-refractivity contribution in [1.29, 1.82) is 0 Å². The Bertz CT molecular complexity index is 3110. The van der Waals surface area contributed by atoms with Gasteiger partial charge in [-0.3, -0.25) is 28.7 Å². The van der Waals surface area contributed by atoms with Crippen molar-refractivity contribution in [3.63, 3.8) is 0 Å². The number of nitrogen functional groups attached to an aromatic ring is 1. The largest absolute Gasteiger partial charge is 0.497 e. The van der Waals surface area contributed by atoms with Gasteiger partial charge in [0.2, 0.25) is 5.91 Å². The third-order valence-corrected chi connectivity index (χ3v) is 10.4. The number of rotatable bonds is 19. The smallest absolute Gasteiger partial charge is 0.434 e. The number of hydrogen-bond donors (Lipinski definition) is 6. The molecule has 23 heteroatoms. The highest BCUT2D eigenvalue weighted by molar-refractivity contribution is 6.06. The number of nitrogens with one attached hydrogen (secondary N) is 4. The van der Waals surface area contributed by atoms with Crippen LogP contribution in [-0.4, -0.2) is 88.8 Å². The van der Waals surface area contributed by atoms with Gasteiger partial charge in [-0.1, -0.05) is 30.3 Å². The summed E-state index contributed by atoms with van der Waals surface area (Å²) in [4.78, 5) is 66.1. The Labute approximate surface area is 388 Å². The lowest BCUT2D eigenvalue weighted by molar-refractivity contribution is -0.143. The number of aromatic amines is 1. The predicted octanol–water partition coefficient (Wildman–Crippen LogP) is 4.83. The number of H-pyrrole nitrogens is 1. The summed E-state index contributed by atoms with van der Waals surface area (Å²) in [6.07, 6.45) is -2.96. The Morgan fingerprint density at radius 3 is 2.35 bits per heavy atom. The highest BCUT2D eigenvalue weighted by atomic mass is 19.4. The van der Waals surface area contributed by atoms with Crippen molar-refractivity contribution < 1.29 is 55.7 Å². The first-order valence-corrected chi connectivity index (χ1v) is 20.7. The molecule has 19 nitrogen and oxygen atoms in total. The van der Waals surface area contributed by atoms with Gasteiger partial charge >= 0.3 is 6.18 Å². The number of hydrogen-bond acceptors (Lipinski definition) is 12. The quantitative estimate of drug-likeness (QED) is 0.0471.